The molecule has 4 heterocycles. The van der Waals surface area contributed by atoms with Gasteiger partial charge in [0, 0.05) is 43.1 Å². The SMILES string of the molecule is O=C(NC1CCN(Cc2ccccc2)CC1)c1cc2c(Nc3ccc4cc[nH]c4c3)ncnc2s1. The molecule has 3 N–H and O–H groups in total. The number of aromatic nitrogens is 3. The zero-order chi connectivity index (χ0) is 23.6. The molecule has 0 atom stereocenters. The summed E-state index contributed by atoms with van der Waals surface area (Å²) in [7, 11) is 0. The van der Waals surface area contributed by atoms with Gasteiger partial charge in [-0.3, -0.25) is 9.69 Å². The van der Waals surface area contributed by atoms with Crippen LogP contribution in [0.3, 0.4) is 0 Å². The Bertz CT molecular complexity index is 1470. The maximum absolute atomic E-state index is 13.1. The lowest BCUT2D eigenvalue weighted by Gasteiger charge is -2.32. The number of H-pyrrole nitrogens is 1. The maximum Gasteiger partial charge on any atom is 0.261 e. The number of nitrogens with zero attached hydrogens (tertiary/aromatic N) is 3. The monoisotopic (exact) mass is 482 g/mol. The van der Waals surface area contributed by atoms with E-state index in [-0.39, 0.29) is 11.9 Å². The first-order valence-corrected chi connectivity index (χ1v) is 12.7. The van der Waals surface area contributed by atoms with Gasteiger partial charge in [-0.05, 0) is 48.1 Å². The quantitative estimate of drug-likeness (QED) is 0.305. The number of carbonyl (C=O) groups is 1. The van der Waals surface area contributed by atoms with Crippen LogP contribution in [0.5, 0.6) is 0 Å². The lowest BCUT2D eigenvalue weighted by molar-refractivity contribution is 0.0913. The number of hydrogen-bond donors (Lipinski definition) is 3. The van der Waals surface area contributed by atoms with Crippen LogP contribution in [0.15, 0.2) is 73.2 Å². The number of thiophene rings is 1. The number of likely N-dealkylation sites (tertiary alicyclic amines) is 1. The van der Waals surface area contributed by atoms with Crippen molar-refractivity contribution in [1.29, 1.82) is 0 Å². The fourth-order valence-corrected chi connectivity index (χ4v) is 5.57. The molecule has 35 heavy (non-hydrogen) atoms. The van der Waals surface area contributed by atoms with Crippen LogP contribution in [0.25, 0.3) is 21.1 Å². The predicted molar refractivity (Wildman–Crippen MR) is 141 cm³/mol. The number of anilines is 2. The normalized spacial score (nSPS) is 15.0. The summed E-state index contributed by atoms with van der Waals surface area (Å²) in [5.74, 6) is 0.665. The molecule has 7 nitrogen and oxygen atoms in total. The van der Waals surface area contributed by atoms with E-state index in [9.17, 15) is 4.79 Å². The summed E-state index contributed by atoms with van der Waals surface area (Å²) in [4.78, 5) is 29.0. The van der Waals surface area contributed by atoms with E-state index in [2.05, 4.69) is 60.8 Å². The largest absolute Gasteiger partial charge is 0.361 e. The highest BCUT2D eigenvalue weighted by Crippen LogP contribution is 2.31. The van der Waals surface area contributed by atoms with Gasteiger partial charge in [0.1, 0.15) is 17.0 Å². The van der Waals surface area contributed by atoms with Crippen molar-refractivity contribution < 1.29 is 4.79 Å². The highest BCUT2D eigenvalue weighted by molar-refractivity contribution is 7.20. The van der Waals surface area contributed by atoms with Gasteiger partial charge in [-0.1, -0.05) is 36.4 Å². The summed E-state index contributed by atoms with van der Waals surface area (Å²) in [5, 5.41) is 8.63. The topological polar surface area (TPSA) is 85.9 Å². The Balaban J connectivity index is 1.11. The zero-order valence-corrected chi connectivity index (χ0v) is 20.0. The summed E-state index contributed by atoms with van der Waals surface area (Å²) in [6.07, 6.45) is 5.38. The van der Waals surface area contributed by atoms with Crippen molar-refractivity contribution in [3.8, 4) is 0 Å². The van der Waals surface area contributed by atoms with Gasteiger partial charge in [-0.25, -0.2) is 9.97 Å². The van der Waals surface area contributed by atoms with Gasteiger partial charge in [0.05, 0.1) is 10.3 Å². The van der Waals surface area contributed by atoms with Gasteiger partial charge >= 0.3 is 0 Å². The lowest BCUT2D eigenvalue weighted by Crippen LogP contribution is -2.44. The van der Waals surface area contributed by atoms with E-state index in [0.29, 0.717) is 10.7 Å². The number of amides is 1. The second-order valence-electron chi connectivity index (χ2n) is 8.97. The predicted octanol–water partition coefficient (Wildman–Crippen LogP) is 5.31. The number of piperidine rings is 1. The lowest BCUT2D eigenvalue weighted by atomic mass is 10.0. The Morgan fingerprint density at radius 3 is 2.77 bits per heavy atom. The number of benzene rings is 2. The first-order valence-electron chi connectivity index (χ1n) is 11.9. The van der Waals surface area contributed by atoms with Crippen molar-refractivity contribution in [2.45, 2.75) is 25.4 Å². The van der Waals surface area contributed by atoms with Crippen LogP contribution < -0.4 is 10.6 Å². The maximum atomic E-state index is 13.1. The standard InChI is InChI=1S/C27H26N6OS/c34-26(32-20-9-12-33(13-10-20)16-18-4-2-1-3-5-18)24-15-22-25(29-17-30-27(22)35-24)31-21-7-6-19-8-11-28-23(19)14-21/h1-8,11,14-15,17,20,28H,9-10,12-13,16H2,(H,32,34)(H,29,30,31). The average Bonchev–Trinajstić information content (AvgIpc) is 3.53. The number of aromatic amines is 1. The molecule has 0 radical (unpaired) electrons. The zero-order valence-electron chi connectivity index (χ0n) is 19.2. The molecule has 1 fully saturated rings. The van der Waals surface area contributed by atoms with E-state index in [1.807, 2.05) is 36.5 Å². The Hall–Kier alpha value is -3.75. The van der Waals surface area contributed by atoms with Crippen molar-refractivity contribution >= 4 is 49.9 Å². The molecule has 1 amide bonds. The minimum absolute atomic E-state index is 0.0340. The summed E-state index contributed by atoms with van der Waals surface area (Å²) in [6.45, 7) is 2.93. The minimum atomic E-state index is -0.0340. The highest BCUT2D eigenvalue weighted by atomic mass is 32.1. The fraction of sp³-hybridized carbons (Fsp3) is 0.222. The van der Waals surface area contributed by atoms with Gasteiger partial charge in [-0.15, -0.1) is 11.3 Å². The van der Waals surface area contributed by atoms with Gasteiger partial charge < -0.3 is 15.6 Å². The number of nitrogens with one attached hydrogen (secondary N) is 3. The second kappa shape index (κ2) is 9.48. The van der Waals surface area contributed by atoms with Crippen molar-refractivity contribution in [3.63, 3.8) is 0 Å². The minimum Gasteiger partial charge on any atom is -0.361 e. The Kier molecular flexibility index (Phi) is 5.89. The molecule has 0 spiro atoms. The Morgan fingerprint density at radius 2 is 1.91 bits per heavy atom. The van der Waals surface area contributed by atoms with Gasteiger partial charge in [0.25, 0.3) is 5.91 Å². The summed E-state index contributed by atoms with van der Waals surface area (Å²) in [6, 6.07) is 20.8. The van der Waals surface area contributed by atoms with Crippen LogP contribution in [-0.4, -0.2) is 44.9 Å². The molecule has 0 saturated carbocycles. The summed E-state index contributed by atoms with van der Waals surface area (Å²) < 4.78 is 0. The molecule has 5 aromatic rings. The first kappa shape index (κ1) is 21.8. The van der Waals surface area contributed by atoms with Crippen molar-refractivity contribution in [1.82, 2.24) is 25.2 Å². The van der Waals surface area contributed by atoms with Crippen LogP contribution >= 0.6 is 11.3 Å². The molecular formula is C27H26N6OS. The molecule has 6 rings (SSSR count). The van der Waals surface area contributed by atoms with E-state index < -0.39 is 0 Å². The third kappa shape index (κ3) is 4.76. The molecule has 0 aliphatic carbocycles. The number of rotatable bonds is 6. The average molecular weight is 483 g/mol. The van der Waals surface area contributed by atoms with Crippen molar-refractivity contribution in [3.05, 3.63) is 83.6 Å². The van der Waals surface area contributed by atoms with Crippen LogP contribution in [0, 0.1) is 0 Å². The Labute approximate surface area is 207 Å². The molecule has 0 bridgehead atoms. The Morgan fingerprint density at radius 1 is 1.06 bits per heavy atom. The summed E-state index contributed by atoms with van der Waals surface area (Å²) in [5.41, 5.74) is 3.32. The smallest absolute Gasteiger partial charge is 0.261 e. The molecule has 1 aliphatic heterocycles. The second-order valence-corrected chi connectivity index (χ2v) is 10.00. The number of fused-ring (bicyclic) bond motifs is 2. The van der Waals surface area contributed by atoms with Crippen LogP contribution in [-0.2, 0) is 6.54 Å². The molecule has 1 aliphatic rings. The van der Waals surface area contributed by atoms with E-state index in [0.717, 1.165) is 59.3 Å². The molecule has 2 aromatic carbocycles. The van der Waals surface area contributed by atoms with Crippen LogP contribution in [0.1, 0.15) is 28.1 Å². The third-order valence-electron chi connectivity index (χ3n) is 6.54. The van der Waals surface area contributed by atoms with Crippen molar-refractivity contribution in [2.24, 2.45) is 0 Å². The highest BCUT2D eigenvalue weighted by Gasteiger charge is 2.22. The third-order valence-corrected chi connectivity index (χ3v) is 7.58. The molecule has 1 saturated heterocycles. The van der Waals surface area contributed by atoms with E-state index in [1.54, 1.807) is 6.33 Å². The molecule has 3 aromatic heterocycles. The molecule has 0 unspecified atom stereocenters. The van der Waals surface area contributed by atoms with Crippen LogP contribution in [0.2, 0.25) is 0 Å². The molecule has 176 valence electrons. The molecule has 8 heteroatoms. The van der Waals surface area contributed by atoms with Crippen LogP contribution in [0.4, 0.5) is 11.5 Å². The van der Waals surface area contributed by atoms with Crippen molar-refractivity contribution in [2.75, 3.05) is 18.4 Å². The first-order chi connectivity index (χ1) is 17.2. The van der Waals surface area contributed by atoms with Gasteiger partial charge in [0.15, 0.2) is 0 Å². The fourth-order valence-electron chi connectivity index (χ4n) is 4.66. The van der Waals surface area contributed by atoms with Gasteiger partial charge in [-0.2, -0.15) is 0 Å². The molecular weight excluding hydrogens is 456 g/mol. The summed E-state index contributed by atoms with van der Waals surface area (Å²) >= 11 is 1.41. The van der Waals surface area contributed by atoms with E-state index >= 15 is 0 Å². The number of hydrogen-bond acceptors (Lipinski definition) is 6. The van der Waals surface area contributed by atoms with E-state index in [1.165, 1.54) is 16.9 Å². The van der Waals surface area contributed by atoms with E-state index in [4.69, 9.17) is 0 Å². The number of carbonyl (C=O) groups excluding carboxylic acids is 1. The van der Waals surface area contributed by atoms with Gasteiger partial charge in [0.2, 0.25) is 0 Å².